The molecule has 1 aliphatic rings. The Morgan fingerprint density at radius 1 is 1.11 bits per heavy atom. The van der Waals surface area contributed by atoms with Gasteiger partial charge in [0.05, 0.1) is 12.2 Å². The number of benzene rings is 1. The predicted octanol–water partition coefficient (Wildman–Crippen LogP) is 1.82. The Bertz CT molecular complexity index is 452. The van der Waals surface area contributed by atoms with Crippen LogP contribution in [0.1, 0.15) is 18.0 Å². The lowest BCUT2D eigenvalue weighted by molar-refractivity contribution is 0.613. The standard InChI is InChI=1S/C14H16N4/c15-13-10-12(11-6-2-1-3-7-11)18(17-13)14-8-4-5-9-16-14/h1-9,12-13,17H,10,15H2. The summed E-state index contributed by atoms with van der Waals surface area (Å²) in [5.41, 5.74) is 10.5. The molecule has 1 fully saturated rings. The molecule has 0 radical (unpaired) electrons. The van der Waals surface area contributed by atoms with Crippen molar-refractivity contribution in [3.63, 3.8) is 0 Å². The van der Waals surface area contributed by atoms with Crippen LogP contribution < -0.4 is 16.2 Å². The number of rotatable bonds is 2. The van der Waals surface area contributed by atoms with Crippen molar-refractivity contribution in [3.8, 4) is 0 Å². The average Bonchev–Trinajstić information content (AvgIpc) is 2.83. The molecule has 0 amide bonds. The Hall–Kier alpha value is -1.91. The summed E-state index contributed by atoms with van der Waals surface area (Å²) in [5, 5.41) is 2.06. The first-order chi connectivity index (χ1) is 8.84. The number of nitrogens with one attached hydrogen (secondary N) is 1. The van der Waals surface area contributed by atoms with Gasteiger partial charge in [-0.3, -0.25) is 5.01 Å². The summed E-state index contributed by atoms with van der Waals surface area (Å²) in [6.07, 6.45) is 2.64. The lowest BCUT2D eigenvalue weighted by Crippen LogP contribution is -2.41. The lowest BCUT2D eigenvalue weighted by atomic mass is 10.0. The summed E-state index contributed by atoms with van der Waals surface area (Å²) in [5.74, 6) is 0.902. The van der Waals surface area contributed by atoms with Gasteiger partial charge in [-0.05, 0) is 17.7 Å². The van der Waals surface area contributed by atoms with E-state index < -0.39 is 0 Å². The van der Waals surface area contributed by atoms with E-state index in [1.807, 2.05) is 24.3 Å². The highest BCUT2D eigenvalue weighted by molar-refractivity contribution is 5.42. The highest BCUT2D eigenvalue weighted by atomic mass is 15.6. The Morgan fingerprint density at radius 3 is 2.61 bits per heavy atom. The fraction of sp³-hybridized carbons (Fsp3) is 0.214. The summed E-state index contributed by atoms with van der Waals surface area (Å²) >= 11 is 0. The molecule has 0 spiro atoms. The van der Waals surface area contributed by atoms with Crippen LogP contribution in [-0.4, -0.2) is 11.1 Å². The summed E-state index contributed by atoms with van der Waals surface area (Å²) in [4.78, 5) is 4.38. The zero-order valence-electron chi connectivity index (χ0n) is 10.0. The molecule has 1 aromatic carbocycles. The smallest absolute Gasteiger partial charge is 0.143 e. The van der Waals surface area contributed by atoms with E-state index in [2.05, 4.69) is 39.7 Å². The molecule has 1 saturated heterocycles. The first kappa shape index (κ1) is 11.2. The van der Waals surface area contributed by atoms with E-state index in [1.54, 1.807) is 6.20 Å². The summed E-state index contributed by atoms with van der Waals surface area (Å²) in [7, 11) is 0. The maximum absolute atomic E-state index is 6.01. The van der Waals surface area contributed by atoms with Gasteiger partial charge in [0, 0.05) is 12.6 Å². The average molecular weight is 240 g/mol. The molecule has 18 heavy (non-hydrogen) atoms. The Kier molecular flexibility index (Phi) is 2.96. The normalized spacial score (nSPS) is 23.3. The number of hydrogen-bond acceptors (Lipinski definition) is 4. The van der Waals surface area contributed by atoms with Gasteiger partial charge in [0.15, 0.2) is 0 Å². The van der Waals surface area contributed by atoms with E-state index >= 15 is 0 Å². The fourth-order valence-electron chi connectivity index (χ4n) is 2.35. The van der Waals surface area contributed by atoms with E-state index in [4.69, 9.17) is 5.73 Å². The molecule has 0 saturated carbocycles. The molecule has 3 N–H and O–H groups in total. The third-order valence-corrected chi connectivity index (χ3v) is 3.17. The molecular formula is C14H16N4. The van der Waals surface area contributed by atoms with E-state index in [9.17, 15) is 0 Å². The van der Waals surface area contributed by atoms with Gasteiger partial charge >= 0.3 is 0 Å². The van der Waals surface area contributed by atoms with Crippen LogP contribution in [0.15, 0.2) is 54.7 Å². The van der Waals surface area contributed by atoms with Crippen molar-refractivity contribution in [2.75, 3.05) is 5.01 Å². The van der Waals surface area contributed by atoms with E-state index in [1.165, 1.54) is 5.56 Å². The van der Waals surface area contributed by atoms with Gasteiger partial charge < -0.3 is 5.73 Å². The molecule has 1 aliphatic heterocycles. The highest BCUT2D eigenvalue weighted by Gasteiger charge is 2.31. The second-order valence-electron chi connectivity index (χ2n) is 4.46. The Balaban J connectivity index is 1.93. The Labute approximate surface area is 106 Å². The molecule has 0 bridgehead atoms. The maximum Gasteiger partial charge on any atom is 0.143 e. The first-order valence-corrected chi connectivity index (χ1v) is 6.11. The molecule has 2 atom stereocenters. The second-order valence-corrected chi connectivity index (χ2v) is 4.46. The van der Waals surface area contributed by atoms with Gasteiger partial charge in [0.1, 0.15) is 5.82 Å². The Morgan fingerprint density at radius 2 is 1.89 bits per heavy atom. The van der Waals surface area contributed by atoms with Crippen LogP contribution >= 0.6 is 0 Å². The second kappa shape index (κ2) is 4.76. The van der Waals surface area contributed by atoms with Crippen LogP contribution in [0.2, 0.25) is 0 Å². The van der Waals surface area contributed by atoms with Crippen LogP contribution in [0.5, 0.6) is 0 Å². The van der Waals surface area contributed by atoms with Crippen molar-refractivity contribution in [2.24, 2.45) is 5.73 Å². The molecule has 0 aliphatic carbocycles. The molecular weight excluding hydrogens is 224 g/mol. The minimum atomic E-state index is -0.0304. The monoisotopic (exact) mass is 240 g/mol. The number of hydrazine groups is 1. The summed E-state index contributed by atoms with van der Waals surface area (Å²) in [6.45, 7) is 0. The minimum absolute atomic E-state index is 0.0304. The number of nitrogens with zero attached hydrogens (tertiary/aromatic N) is 2. The topological polar surface area (TPSA) is 54.2 Å². The number of aromatic nitrogens is 1. The van der Waals surface area contributed by atoms with Crippen LogP contribution in [0.3, 0.4) is 0 Å². The SMILES string of the molecule is NC1CC(c2ccccc2)N(c2ccccn2)N1. The van der Waals surface area contributed by atoms with Crippen molar-refractivity contribution in [1.82, 2.24) is 10.4 Å². The summed E-state index contributed by atoms with van der Waals surface area (Å²) in [6, 6.07) is 16.5. The first-order valence-electron chi connectivity index (χ1n) is 6.11. The molecule has 3 rings (SSSR count). The number of pyridine rings is 1. The van der Waals surface area contributed by atoms with E-state index in [-0.39, 0.29) is 12.2 Å². The lowest BCUT2D eigenvalue weighted by Gasteiger charge is -2.25. The molecule has 92 valence electrons. The molecule has 2 heterocycles. The van der Waals surface area contributed by atoms with Gasteiger partial charge in [-0.2, -0.15) is 0 Å². The van der Waals surface area contributed by atoms with Crippen molar-refractivity contribution in [3.05, 3.63) is 60.3 Å². The van der Waals surface area contributed by atoms with Crippen LogP contribution in [0.4, 0.5) is 5.82 Å². The quantitative estimate of drug-likeness (QED) is 0.840. The molecule has 2 aromatic rings. The van der Waals surface area contributed by atoms with Crippen LogP contribution in [0.25, 0.3) is 0 Å². The van der Waals surface area contributed by atoms with Crippen LogP contribution in [0, 0.1) is 0 Å². The minimum Gasteiger partial charge on any atom is -0.314 e. The highest BCUT2D eigenvalue weighted by Crippen LogP contribution is 2.31. The molecule has 4 nitrogen and oxygen atoms in total. The largest absolute Gasteiger partial charge is 0.314 e. The van der Waals surface area contributed by atoms with E-state index in [0.29, 0.717) is 0 Å². The van der Waals surface area contributed by atoms with Crippen molar-refractivity contribution >= 4 is 5.82 Å². The van der Waals surface area contributed by atoms with Gasteiger partial charge in [-0.25, -0.2) is 10.4 Å². The summed E-state index contributed by atoms with van der Waals surface area (Å²) < 4.78 is 0. The van der Waals surface area contributed by atoms with Crippen molar-refractivity contribution in [2.45, 2.75) is 18.6 Å². The van der Waals surface area contributed by atoms with Gasteiger partial charge in [-0.1, -0.05) is 36.4 Å². The third-order valence-electron chi connectivity index (χ3n) is 3.17. The zero-order chi connectivity index (χ0) is 12.4. The van der Waals surface area contributed by atoms with Crippen molar-refractivity contribution < 1.29 is 0 Å². The number of anilines is 1. The zero-order valence-corrected chi connectivity index (χ0v) is 10.0. The van der Waals surface area contributed by atoms with E-state index in [0.717, 1.165) is 12.2 Å². The third kappa shape index (κ3) is 2.08. The number of hydrogen-bond donors (Lipinski definition) is 2. The number of nitrogens with two attached hydrogens (primary N) is 1. The van der Waals surface area contributed by atoms with Crippen molar-refractivity contribution in [1.29, 1.82) is 0 Å². The van der Waals surface area contributed by atoms with Crippen LogP contribution in [-0.2, 0) is 0 Å². The maximum atomic E-state index is 6.01. The van der Waals surface area contributed by atoms with Gasteiger partial charge in [-0.15, -0.1) is 0 Å². The molecule has 4 heteroatoms. The fourth-order valence-corrected chi connectivity index (χ4v) is 2.35. The molecule has 1 aromatic heterocycles. The van der Waals surface area contributed by atoms with Gasteiger partial charge in [0.2, 0.25) is 0 Å². The predicted molar refractivity (Wildman–Crippen MR) is 71.6 cm³/mol. The van der Waals surface area contributed by atoms with Gasteiger partial charge in [0.25, 0.3) is 0 Å². The molecule has 2 unspecified atom stereocenters.